The highest BCUT2D eigenvalue weighted by Gasteiger charge is 2.18. The van der Waals surface area contributed by atoms with Gasteiger partial charge in [-0.25, -0.2) is 0 Å². The lowest BCUT2D eigenvalue weighted by Gasteiger charge is -2.13. The summed E-state index contributed by atoms with van der Waals surface area (Å²) in [7, 11) is 0. The van der Waals surface area contributed by atoms with Gasteiger partial charge in [-0.3, -0.25) is 0 Å². The Kier molecular flexibility index (Phi) is 6.94. The molecule has 0 aliphatic heterocycles. The van der Waals surface area contributed by atoms with Gasteiger partial charge in [0.15, 0.2) is 22.7 Å². The van der Waals surface area contributed by atoms with Crippen LogP contribution in [0.15, 0.2) is 57.4 Å². The molecule has 3 aromatic carbocycles. The molecule has 0 unspecified atom stereocenters. The Morgan fingerprint density at radius 1 is 0.559 bits per heavy atom. The van der Waals surface area contributed by atoms with E-state index < -0.39 is 0 Å². The number of fused-ring (bicyclic) bond motifs is 7. The van der Waals surface area contributed by atoms with Crippen LogP contribution < -0.4 is 9.47 Å². The molecule has 0 amide bonds. The Morgan fingerprint density at radius 3 is 1.82 bits per heavy atom. The molecular weight excluding hydrogens is 424 g/mol. The van der Waals surface area contributed by atoms with Crippen molar-refractivity contribution in [1.29, 1.82) is 0 Å². The zero-order chi connectivity index (χ0) is 23.3. The van der Waals surface area contributed by atoms with Crippen LogP contribution in [-0.2, 0) is 0 Å². The lowest BCUT2D eigenvalue weighted by atomic mass is 10.1. The molecule has 5 rings (SSSR count). The van der Waals surface area contributed by atoms with E-state index in [1.807, 2.05) is 24.3 Å². The number of hydrogen-bond donors (Lipinski definition) is 0. The van der Waals surface area contributed by atoms with Gasteiger partial charge < -0.3 is 18.3 Å². The van der Waals surface area contributed by atoms with Crippen LogP contribution in [0.5, 0.6) is 11.5 Å². The second-order valence-electron chi connectivity index (χ2n) is 9.13. The number of benzene rings is 3. The largest absolute Gasteiger partial charge is 0.490 e. The maximum absolute atomic E-state index is 6.36. The Hall–Kier alpha value is -3.14. The predicted molar refractivity (Wildman–Crippen MR) is 140 cm³/mol. The van der Waals surface area contributed by atoms with Crippen molar-refractivity contribution in [2.45, 2.75) is 65.2 Å². The van der Waals surface area contributed by atoms with E-state index in [1.165, 1.54) is 38.5 Å². The Morgan fingerprint density at radius 2 is 1.15 bits per heavy atom. The maximum Gasteiger partial charge on any atom is 0.178 e. The minimum absolute atomic E-state index is 0.686. The van der Waals surface area contributed by atoms with E-state index in [0.29, 0.717) is 13.2 Å². The molecular formula is C30H34O4. The van der Waals surface area contributed by atoms with E-state index in [2.05, 4.69) is 38.1 Å². The van der Waals surface area contributed by atoms with Crippen LogP contribution in [0.1, 0.15) is 65.2 Å². The molecule has 0 aliphatic rings. The first-order chi connectivity index (χ1) is 16.8. The van der Waals surface area contributed by atoms with Gasteiger partial charge in [0.25, 0.3) is 0 Å². The summed E-state index contributed by atoms with van der Waals surface area (Å²) < 4.78 is 25.0. The third kappa shape index (κ3) is 4.46. The number of para-hydroxylation sites is 1. The first-order valence-electron chi connectivity index (χ1n) is 12.9. The van der Waals surface area contributed by atoms with E-state index in [4.69, 9.17) is 18.3 Å². The number of furan rings is 2. The Bertz CT molecular complexity index is 1390. The highest BCUT2D eigenvalue weighted by molar-refractivity contribution is 6.19. The molecule has 0 atom stereocenters. The fourth-order valence-electron chi connectivity index (χ4n) is 4.67. The molecule has 0 fully saturated rings. The highest BCUT2D eigenvalue weighted by atomic mass is 16.5. The molecule has 0 radical (unpaired) electrons. The normalized spacial score (nSPS) is 11.8. The van der Waals surface area contributed by atoms with Gasteiger partial charge in [-0.1, -0.05) is 70.6 Å². The van der Waals surface area contributed by atoms with Gasteiger partial charge in [0.1, 0.15) is 11.2 Å². The number of ether oxygens (including phenoxy) is 2. The molecule has 0 aliphatic carbocycles. The molecule has 0 bridgehead atoms. The van der Waals surface area contributed by atoms with Crippen LogP contribution in [0, 0.1) is 0 Å². The lowest BCUT2D eigenvalue weighted by molar-refractivity contribution is 0.259. The molecule has 5 aromatic rings. The topological polar surface area (TPSA) is 44.7 Å². The van der Waals surface area contributed by atoms with Gasteiger partial charge in [0.05, 0.1) is 13.2 Å². The quantitative estimate of drug-likeness (QED) is 0.175. The second kappa shape index (κ2) is 10.4. The molecule has 2 heterocycles. The maximum atomic E-state index is 6.36. The van der Waals surface area contributed by atoms with E-state index in [-0.39, 0.29) is 0 Å². The van der Waals surface area contributed by atoms with Crippen LogP contribution in [0.4, 0.5) is 0 Å². The molecule has 0 saturated heterocycles. The van der Waals surface area contributed by atoms with Gasteiger partial charge in [0, 0.05) is 27.6 Å². The van der Waals surface area contributed by atoms with Gasteiger partial charge in [-0.05, 0) is 37.1 Å². The summed E-state index contributed by atoms with van der Waals surface area (Å²) >= 11 is 0. The van der Waals surface area contributed by atoms with Crippen LogP contribution >= 0.6 is 0 Å². The number of unbranched alkanes of at least 4 members (excludes halogenated alkanes) is 6. The summed E-state index contributed by atoms with van der Waals surface area (Å²) in [5, 5.41) is 4.24. The Labute approximate surface area is 200 Å². The molecule has 0 saturated carbocycles. The van der Waals surface area contributed by atoms with Crippen molar-refractivity contribution in [1.82, 2.24) is 0 Å². The van der Waals surface area contributed by atoms with Gasteiger partial charge in [0.2, 0.25) is 0 Å². The van der Waals surface area contributed by atoms with Crippen molar-refractivity contribution < 1.29 is 18.3 Å². The van der Waals surface area contributed by atoms with E-state index in [9.17, 15) is 0 Å². The Balaban J connectivity index is 1.52. The third-order valence-corrected chi connectivity index (χ3v) is 6.56. The molecule has 0 N–H and O–H groups in total. The lowest BCUT2D eigenvalue weighted by Crippen LogP contribution is -2.02. The average molecular weight is 459 g/mol. The monoisotopic (exact) mass is 458 g/mol. The molecule has 4 heteroatoms. The minimum Gasteiger partial charge on any atom is -0.490 e. The van der Waals surface area contributed by atoms with Crippen molar-refractivity contribution >= 4 is 43.9 Å². The minimum atomic E-state index is 0.686. The summed E-state index contributed by atoms with van der Waals surface area (Å²) in [6.07, 6.45) is 9.37. The number of rotatable bonds is 12. The van der Waals surface area contributed by atoms with Crippen LogP contribution in [-0.4, -0.2) is 13.2 Å². The summed E-state index contributed by atoms with van der Waals surface area (Å²) in [4.78, 5) is 0. The molecule has 34 heavy (non-hydrogen) atoms. The highest BCUT2D eigenvalue weighted by Crippen LogP contribution is 2.42. The summed E-state index contributed by atoms with van der Waals surface area (Å²) in [5.41, 5.74) is 3.24. The van der Waals surface area contributed by atoms with Gasteiger partial charge in [-0.2, -0.15) is 0 Å². The van der Waals surface area contributed by atoms with Crippen molar-refractivity contribution in [3.8, 4) is 11.5 Å². The SMILES string of the molecule is CCCCCCOc1cc2oc3c(ccc4c5ccccc5oc43)c2cc1OCCCCCC. The predicted octanol–water partition coefficient (Wildman–Crippen LogP) is 9.40. The fraction of sp³-hybridized carbons (Fsp3) is 0.400. The van der Waals surface area contributed by atoms with Crippen LogP contribution in [0.25, 0.3) is 43.9 Å². The third-order valence-electron chi connectivity index (χ3n) is 6.56. The summed E-state index contributed by atoms with van der Waals surface area (Å²) in [6.45, 7) is 5.83. The van der Waals surface area contributed by atoms with Crippen molar-refractivity contribution in [2.75, 3.05) is 13.2 Å². The van der Waals surface area contributed by atoms with E-state index >= 15 is 0 Å². The summed E-state index contributed by atoms with van der Waals surface area (Å²) in [5.74, 6) is 1.56. The first-order valence-corrected chi connectivity index (χ1v) is 12.9. The number of hydrogen-bond acceptors (Lipinski definition) is 4. The molecule has 178 valence electrons. The molecule has 0 spiro atoms. The average Bonchev–Trinajstić information content (AvgIpc) is 3.41. The van der Waals surface area contributed by atoms with Crippen molar-refractivity contribution in [3.63, 3.8) is 0 Å². The van der Waals surface area contributed by atoms with Crippen molar-refractivity contribution in [2.24, 2.45) is 0 Å². The van der Waals surface area contributed by atoms with Gasteiger partial charge in [-0.15, -0.1) is 0 Å². The standard InChI is InChI=1S/C30H34O4/c1-3-5-7-11-17-31-27-19-24-23-16-15-22-21-13-9-10-14-25(21)33-29(22)30(23)34-26(24)20-28(27)32-18-12-8-6-4-2/h9-10,13-16,19-20H,3-8,11-12,17-18H2,1-2H3. The zero-order valence-corrected chi connectivity index (χ0v) is 20.3. The second-order valence-corrected chi connectivity index (χ2v) is 9.13. The smallest absolute Gasteiger partial charge is 0.178 e. The van der Waals surface area contributed by atoms with E-state index in [0.717, 1.165) is 68.2 Å². The molecule has 2 aromatic heterocycles. The van der Waals surface area contributed by atoms with E-state index in [1.54, 1.807) is 0 Å². The fourth-order valence-corrected chi connectivity index (χ4v) is 4.67. The zero-order valence-electron chi connectivity index (χ0n) is 20.3. The first kappa shape index (κ1) is 22.6. The van der Waals surface area contributed by atoms with Gasteiger partial charge >= 0.3 is 0 Å². The van der Waals surface area contributed by atoms with Crippen molar-refractivity contribution in [3.05, 3.63) is 48.5 Å². The summed E-state index contributed by atoms with van der Waals surface area (Å²) in [6, 6.07) is 16.4. The molecule has 4 nitrogen and oxygen atoms in total. The van der Waals surface area contributed by atoms with Crippen LogP contribution in [0.3, 0.4) is 0 Å². The van der Waals surface area contributed by atoms with Crippen LogP contribution in [0.2, 0.25) is 0 Å².